The van der Waals surface area contributed by atoms with Crippen molar-refractivity contribution in [1.82, 2.24) is 14.6 Å². The predicted molar refractivity (Wildman–Crippen MR) is 200 cm³/mol. The van der Waals surface area contributed by atoms with Crippen LogP contribution < -0.4 is 5.43 Å². The van der Waals surface area contributed by atoms with Crippen molar-refractivity contribution in [2.75, 3.05) is 5.43 Å². The minimum atomic E-state index is 0.863. The van der Waals surface area contributed by atoms with Gasteiger partial charge in [0.05, 0.1) is 39.1 Å². The summed E-state index contributed by atoms with van der Waals surface area (Å²) < 4.78 is 2.25. The Kier molecular flexibility index (Phi) is 6.76. The monoisotopic (exact) mass is 614 g/mol. The van der Waals surface area contributed by atoms with E-state index in [0.29, 0.717) is 0 Å². The van der Waals surface area contributed by atoms with Crippen LogP contribution in [0.2, 0.25) is 0 Å². The number of rotatable bonds is 6. The summed E-state index contributed by atoms with van der Waals surface area (Å²) in [4.78, 5) is 10.2. The summed E-state index contributed by atoms with van der Waals surface area (Å²) in [7, 11) is 0. The molecule has 4 nitrogen and oxygen atoms in total. The molecule has 226 valence electrons. The Hall–Kier alpha value is -6.52. The van der Waals surface area contributed by atoms with Crippen molar-refractivity contribution in [3.63, 3.8) is 0 Å². The third-order valence-electron chi connectivity index (χ3n) is 9.00. The number of nitrogens with zero attached hydrogens (tertiary/aromatic N) is 3. The first-order chi connectivity index (χ1) is 23.8. The third kappa shape index (κ3) is 4.79. The number of nitrogens with one attached hydrogen (secondary N) is 1. The molecule has 9 rings (SSSR count). The SMILES string of the molecule is c1ccc(-c2ccc3c4ccccc4n(Nc4ccc(-c5nc6ccccc6nc5-c5ccccc5)cc4)c3c2-c2ccccc2)cc1. The second-order valence-electron chi connectivity index (χ2n) is 11.9. The van der Waals surface area contributed by atoms with Crippen LogP contribution >= 0.6 is 0 Å². The average Bonchev–Trinajstić information content (AvgIpc) is 3.48. The Balaban J connectivity index is 1.21. The van der Waals surface area contributed by atoms with Gasteiger partial charge in [-0.25, -0.2) is 9.97 Å². The molecule has 7 aromatic carbocycles. The summed E-state index contributed by atoms with van der Waals surface area (Å²) in [6.07, 6.45) is 0. The smallest absolute Gasteiger partial charge is 0.0973 e. The highest BCUT2D eigenvalue weighted by Gasteiger charge is 2.20. The molecule has 0 fully saturated rings. The van der Waals surface area contributed by atoms with Crippen molar-refractivity contribution in [2.24, 2.45) is 0 Å². The van der Waals surface area contributed by atoms with E-state index in [4.69, 9.17) is 9.97 Å². The van der Waals surface area contributed by atoms with Crippen molar-refractivity contribution in [3.05, 3.63) is 176 Å². The molecule has 0 unspecified atom stereocenters. The molecular formula is C44H30N4. The van der Waals surface area contributed by atoms with Crippen molar-refractivity contribution >= 4 is 38.5 Å². The largest absolute Gasteiger partial charge is 0.294 e. The molecule has 0 saturated heterocycles. The van der Waals surface area contributed by atoms with Gasteiger partial charge in [0.2, 0.25) is 0 Å². The van der Waals surface area contributed by atoms with Gasteiger partial charge in [0, 0.05) is 27.5 Å². The lowest BCUT2D eigenvalue weighted by molar-refractivity contribution is 1.06. The highest BCUT2D eigenvalue weighted by molar-refractivity contribution is 6.15. The Morgan fingerprint density at radius 1 is 0.396 bits per heavy atom. The van der Waals surface area contributed by atoms with E-state index in [-0.39, 0.29) is 0 Å². The first-order valence-electron chi connectivity index (χ1n) is 16.2. The van der Waals surface area contributed by atoms with Gasteiger partial charge in [-0.1, -0.05) is 146 Å². The van der Waals surface area contributed by atoms with E-state index < -0.39 is 0 Å². The second kappa shape index (κ2) is 11.7. The van der Waals surface area contributed by atoms with Crippen LogP contribution in [0.3, 0.4) is 0 Å². The van der Waals surface area contributed by atoms with Crippen LogP contribution in [0.1, 0.15) is 0 Å². The maximum absolute atomic E-state index is 5.10. The number of fused-ring (bicyclic) bond motifs is 4. The minimum absolute atomic E-state index is 0.863. The first kappa shape index (κ1) is 27.8. The van der Waals surface area contributed by atoms with E-state index in [2.05, 4.69) is 144 Å². The number of anilines is 1. The fraction of sp³-hybridized carbons (Fsp3) is 0. The van der Waals surface area contributed by atoms with Gasteiger partial charge >= 0.3 is 0 Å². The van der Waals surface area contributed by atoms with E-state index in [1.54, 1.807) is 0 Å². The molecule has 0 bridgehead atoms. The van der Waals surface area contributed by atoms with E-state index in [9.17, 15) is 0 Å². The summed E-state index contributed by atoms with van der Waals surface area (Å²) in [6, 6.07) is 61.4. The lowest BCUT2D eigenvalue weighted by Gasteiger charge is -2.17. The van der Waals surface area contributed by atoms with Gasteiger partial charge in [-0.15, -0.1) is 0 Å². The Morgan fingerprint density at radius 3 is 1.56 bits per heavy atom. The summed E-state index contributed by atoms with van der Waals surface area (Å²) in [5, 5.41) is 2.40. The molecule has 0 radical (unpaired) electrons. The molecule has 48 heavy (non-hydrogen) atoms. The van der Waals surface area contributed by atoms with E-state index >= 15 is 0 Å². The molecule has 9 aromatic rings. The molecule has 0 atom stereocenters. The van der Waals surface area contributed by atoms with Crippen LogP contribution in [-0.2, 0) is 0 Å². The van der Waals surface area contributed by atoms with Crippen molar-refractivity contribution in [3.8, 4) is 44.8 Å². The molecule has 4 heteroatoms. The molecule has 0 aliphatic rings. The standard InChI is InChI=1S/C44H30N4/c1-4-14-30(15-5-1)35-28-29-37-36-20-10-13-23-40(36)48(44(37)41(35)31-16-6-2-7-17-31)47-34-26-24-33(25-27-34)43-42(32-18-8-3-9-19-32)45-38-21-11-12-22-39(38)46-43/h1-29,47H. The predicted octanol–water partition coefficient (Wildman–Crippen LogP) is 11.3. The van der Waals surface area contributed by atoms with Gasteiger partial charge in [0.15, 0.2) is 0 Å². The van der Waals surface area contributed by atoms with Gasteiger partial charge in [0.1, 0.15) is 0 Å². The van der Waals surface area contributed by atoms with Crippen LogP contribution in [0.4, 0.5) is 5.69 Å². The second-order valence-corrected chi connectivity index (χ2v) is 11.9. The molecular weight excluding hydrogens is 585 g/mol. The molecule has 0 aliphatic heterocycles. The van der Waals surface area contributed by atoms with Crippen LogP contribution in [0.5, 0.6) is 0 Å². The lowest BCUT2D eigenvalue weighted by atomic mass is 9.92. The van der Waals surface area contributed by atoms with Gasteiger partial charge in [-0.05, 0) is 47.0 Å². The number of hydrogen-bond donors (Lipinski definition) is 1. The topological polar surface area (TPSA) is 42.7 Å². The maximum Gasteiger partial charge on any atom is 0.0973 e. The van der Waals surface area contributed by atoms with Crippen LogP contribution in [0.15, 0.2) is 176 Å². The minimum Gasteiger partial charge on any atom is -0.294 e. The summed E-state index contributed by atoms with van der Waals surface area (Å²) in [5.74, 6) is 0. The zero-order valence-electron chi connectivity index (χ0n) is 26.1. The third-order valence-corrected chi connectivity index (χ3v) is 9.00. The number of aromatic nitrogens is 3. The lowest BCUT2D eigenvalue weighted by Crippen LogP contribution is -2.09. The van der Waals surface area contributed by atoms with Crippen molar-refractivity contribution in [1.29, 1.82) is 0 Å². The van der Waals surface area contributed by atoms with Crippen LogP contribution in [0.25, 0.3) is 77.6 Å². The fourth-order valence-corrected chi connectivity index (χ4v) is 6.76. The average molecular weight is 615 g/mol. The normalized spacial score (nSPS) is 11.3. The molecule has 1 N–H and O–H groups in total. The number of hydrogen-bond acceptors (Lipinski definition) is 3. The van der Waals surface area contributed by atoms with Crippen molar-refractivity contribution < 1.29 is 0 Å². The summed E-state index contributed by atoms with van der Waals surface area (Å²) >= 11 is 0. The fourth-order valence-electron chi connectivity index (χ4n) is 6.76. The Bertz CT molecular complexity index is 2560. The molecule has 2 heterocycles. The molecule has 0 aliphatic carbocycles. The Morgan fingerprint density at radius 2 is 0.917 bits per heavy atom. The number of benzene rings is 7. The zero-order valence-corrected chi connectivity index (χ0v) is 26.1. The quantitative estimate of drug-likeness (QED) is 0.203. The zero-order chi connectivity index (χ0) is 31.9. The van der Waals surface area contributed by atoms with Gasteiger partial charge in [-0.3, -0.25) is 10.1 Å². The number of para-hydroxylation sites is 3. The first-order valence-corrected chi connectivity index (χ1v) is 16.2. The van der Waals surface area contributed by atoms with E-state index in [1.165, 1.54) is 33.0 Å². The van der Waals surface area contributed by atoms with E-state index in [0.717, 1.165) is 50.3 Å². The molecule has 0 saturated carbocycles. The Labute approximate surface area is 278 Å². The molecule has 0 spiro atoms. The highest BCUT2D eigenvalue weighted by Crippen LogP contribution is 2.42. The van der Waals surface area contributed by atoms with Crippen LogP contribution in [-0.4, -0.2) is 14.6 Å². The summed E-state index contributed by atoms with van der Waals surface area (Å²) in [5.41, 5.74) is 17.3. The highest BCUT2D eigenvalue weighted by atomic mass is 15.4. The van der Waals surface area contributed by atoms with Gasteiger partial charge in [-0.2, -0.15) is 0 Å². The van der Waals surface area contributed by atoms with Crippen molar-refractivity contribution in [2.45, 2.75) is 0 Å². The molecule has 2 aromatic heterocycles. The van der Waals surface area contributed by atoms with Crippen LogP contribution in [0, 0.1) is 0 Å². The van der Waals surface area contributed by atoms with Gasteiger partial charge < -0.3 is 0 Å². The maximum atomic E-state index is 5.10. The van der Waals surface area contributed by atoms with E-state index in [1.807, 2.05) is 42.5 Å². The van der Waals surface area contributed by atoms with Gasteiger partial charge in [0.25, 0.3) is 0 Å². The summed E-state index contributed by atoms with van der Waals surface area (Å²) in [6.45, 7) is 0. The molecule has 0 amide bonds.